The molecule has 0 rings (SSSR count). The van der Waals surface area contributed by atoms with E-state index >= 15 is 0 Å². The molecule has 0 fully saturated rings. The van der Waals surface area contributed by atoms with E-state index in [1.165, 1.54) is 77.0 Å². The van der Waals surface area contributed by atoms with Crippen molar-refractivity contribution < 1.29 is 16.8 Å². The summed E-state index contributed by atoms with van der Waals surface area (Å²) in [7, 11) is -3.80. The number of rotatable bonds is 22. The van der Waals surface area contributed by atoms with Crippen LogP contribution in [0, 0.1) is 0 Å². The van der Waals surface area contributed by atoms with Gasteiger partial charge in [-0.05, 0) is 12.8 Å². The maximum atomic E-state index is 11.7. The Morgan fingerprint density at radius 2 is 0.704 bits per heavy atom. The summed E-state index contributed by atoms with van der Waals surface area (Å²) in [4.78, 5) is 0. The van der Waals surface area contributed by atoms with Crippen molar-refractivity contribution in [2.45, 2.75) is 129 Å². The lowest BCUT2D eigenvalue weighted by Gasteiger charge is -2.06. The fourth-order valence-electron chi connectivity index (χ4n) is 3.18. The lowest BCUT2D eigenvalue weighted by Crippen LogP contribution is -2.12. The van der Waals surface area contributed by atoms with Crippen molar-refractivity contribution in [3.63, 3.8) is 0 Å². The van der Waals surface area contributed by atoms with Crippen LogP contribution in [0.5, 0.6) is 0 Å². The Hall–Kier alpha value is -0.130. The van der Waals surface area contributed by atoms with Gasteiger partial charge in [0.2, 0.25) is 0 Å². The zero-order chi connectivity index (χ0) is 20.1. The van der Waals surface area contributed by atoms with Crippen molar-refractivity contribution in [1.82, 2.24) is 0 Å². The highest BCUT2D eigenvalue weighted by Crippen LogP contribution is 2.11. The van der Waals surface area contributed by atoms with Gasteiger partial charge in [0.1, 0.15) is 0 Å². The Bertz CT molecular complexity index is 352. The smallest absolute Gasteiger partial charge is 0.248 e. The molecule has 0 saturated heterocycles. The molecule has 27 heavy (non-hydrogen) atoms. The molecule has 0 amide bonds. The van der Waals surface area contributed by atoms with E-state index in [0.29, 0.717) is 0 Å². The normalized spacial score (nSPS) is 11.9. The van der Waals surface area contributed by atoms with Crippen molar-refractivity contribution in [1.29, 1.82) is 0 Å². The molecule has 0 saturated carbocycles. The molecule has 0 atom stereocenters. The molecule has 0 spiro atoms. The van der Waals surface area contributed by atoms with E-state index in [2.05, 4.69) is 13.8 Å². The van der Waals surface area contributed by atoms with Gasteiger partial charge in [-0.15, -0.1) is 0 Å². The summed E-state index contributed by atoms with van der Waals surface area (Å²) < 4.78 is 33.2. The minimum absolute atomic E-state index is 0.246. The third kappa shape index (κ3) is 22.0. The zero-order valence-corrected chi connectivity index (χ0v) is 19.0. The predicted octanol–water partition coefficient (Wildman–Crippen LogP) is 7.33. The topological polar surface area (TPSA) is 52.6 Å². The van der Waals surface area contributed by atoms with E-state index in [0.717, 1.165) is 38.5 Å². The van der Waals surface area contributed by atoms with Crippen LogP contribution in [0.4, 0.5) is 0 Å². The van der Waals surface area contributed by atoms with Crippen LogP contribution in [0.1, 0.15) is 129 Å². The van der Waals surface area contributed by atoms with Gasteiger partial charge in [-0.2, -0.15) is 8.42 Å². The highest BCUT2D eigenvalue weighted by molar-refractivity contribution is 7.81. The first-order chi connectivity index (χ1) is 13.1. The molecular formula is C22H46O4S. The van der Waals surface area contributed by atoms with Gasteiger partial charge >= 0.3 is 10.4 Å². The fourth-order valence-corrected chi connectivity index (χ4v) is 3.89. The molecule has 4 nitrogen and oxygen atoms in total. The Morgan fingerprint density at radius 1 is 0.444 bits per heavy atom. The molecular weight excluding hydrogens is 360 g/mol. The van der Waals surface area contributed by atoms with Gasteiger partial charge in [-0.3, -0.25) is 0 Å². The molecule has 0 N–H and O–H groups in total. The summed E-state index contributed by atoms with van der Waals surface area (Å²) in [6.07, 6.45) is 21.6. The Balaban J connectivity index is 3.34. The van der Waals surface area contributed by atoms with E-state index in [1.807, 2.05) is 0 Å². The molecule has 0 aromatic rings. The maximum absolute atomic E-state index is 11.7. The van der Waals surface area contributed by atoms with Crippen LogP contribution in [0.3, 0.4) is 0 Å². The van der Waals surface area contributed by atoms with Gasteiger partial charge in [-0.1, -0.05) is 117 Å². The van der Waals surface area contributed by atoms with Crippen LogP contribution >= 0.6 is 0 Å². The second-order valence-electron chi connectivity index (χ2n) is 7.71. The van der Waals surface area contributed by atoms with E-state index in [4.69, 9.17) is 8.37 Å². The lowest BCUT2D eigenvalue weighted by atomic mass is 10.1. The summed E-state index contributed by atoms with van der Waals surface area (Å²) in [6, 6.07) is 0. The number of hydrogen-bond acceptors (Lipinski definition) is 4. The predicted molar refractivity (Wildman–Crippen MR) is 115 cm³/mol. The van der Waals surface area contributed by atoms with Gasteiger partial charge in [0, 0.05) is 0 Å². The molecule has 0 radical (unpaired) electrons. The molecule has 0 aromatic heterocycles. The highest BCUT2D eigenvalue weighted by atomic mass is 32.3. The van der Waals surface area contributed by atoms with Gasteiger partial charge in [0.25, 0.3) is 0 Å². The second-order valence-corrected chi connectivity index (χ2v) is 9.00. The van der Waals surface area contributed by atoms with Crippen LogP contribution in [-0.2, 0) is 18.8 Å². The van der Waals surface area contributed by atoms with Crippen LogP contribution in [0.25, 0.3) is 0 Å². The highest BCUT2D eigenvalue weighted by Gasteiger charge is 2.11. The molecule has 0 aliphatic rings. The van der Waals surface area contributed by atoms with Gasteiger partial charge in [0.05, 0.1) is 13.2 Å². The first-order valence-electron chi connectivity index (χ1n) is 11.7. The third-order valence-electron chi connectivity index (χ3n) is 4.95. The number of unbranched alkanes of at least 4 members (excludes halogenated alkanes) is 16. The fraction of sp³-hybridized carbons (Fsp3) is 1.00. The molecule has 0 bridgehead atoms. The van der Waals surface area contributed by atoms with Crippen LogP contribution < -0.4 is 0 Å². The average molecular weight is 407 g/mol. The Morgan fingerprint density at radius 3 is 1.00 bits per heavy atom. The van der Waals surface area contributed by atoms with Crippen LogP contribution in [-0.4, -0.2) is 21.6 Å². The minimum Gasteiger partial charge on any atom is -0.248 e. The zero-order valence-electron chi connectivity index (χ0n) is 18.2. The van der Waals surface area contributed by atoms with Gasteiger partial charge in [-0.25, -0.2) is 8.37 Å². The van der Waals surface area contributed by atoms with Crippen molar-refractivity contribution in [2.24, 2.45) is 0 Å². The molecule has 0 aliphatic heterocycles. The molecule has 0 aromatic carbocycles. The summed E-state index contributed by atoms with van der Waals surface area (Å²) in [6.45, 7) is 4.95. The summed E-state index contributed by atoms with van der Waals surface area (Å²) in [5, 5.41) is 0. The molecule has 0 aliphatic carbocycles. The van der Waals surface area contributed by atoms with Crippen LogP contribution in [0.2, 0.25) is 0 Å². The largest absolute Gasteiger partial charge is 0.399 e. The monoisotopic (exact) mass is 406 g/mol. The van der Waals surface area contributed by atoms with E-state index in [-0.39, 0.29) is 13.2 Å². The first kappa shape index (κ1) is 26.9. The average Bonchev–Trinajstić information content (AvgIpc) is 2.64. The number of hydrogen-bond donors (Lipinski definition) is 0. The van der Waals surface area contributed by atoms with E-state index in [1.54, 1.807) is 0 Å². The standard InChI is InChI=1S/C22H46O4S/c1-3-5-7-9-11-13-15-17-19-21-25-27(23,24)26-22-20-18-16-14-12-10-8-6-4-2/h3-22H2,1-2H3. The Kier molecular flexibility index (Phi) is 20.5. The van der Waals surface area contributed by atoms with Gasteiger partial charge < -0.3 is 0 Å². The Labute approximate surface area is 170 Å². The molecule has 164 valence electrons. The van der Waals surface area contributed by atoms with Crippen molar-refractivity contribution >= 4 is 10.4 Å². The summed E-state index contributed by atoms with van der Waals surface area (Å²) in [5.74, 6) is 0. The SMILES string of the molecule is CCCCCCCCCCCOS(=O)(=O)OCCCCCCCCCCC. The second kappa shape index (κ2) is 20.6. The van der Waals surface area contributed by atoms with E-state index < -0.39 is 10.4 Å². The summed E-state index contributed by atoms with van der Waals surface area (Å²) >= 11 is 0. The molecule has 5 heteroatoms. The van der Waals surface area contributed by atoms with Gasteiger partial charge in [0.15, 0.2) is 0 Å². The quantitative estimate of drug-likeness (QED) is 0.177. The molecule has 0 unspecified atom stereocenters. The first-order valence-corrected chi connectivity index (χ1v) is 13.0. The van der Waals surface area contributed by atoms with Crippen molar-refractivity contribution in [2.75, 3.05) is 13.2 Å². The molecule has 0 heterocycles. The minimum atomic E-state index is -3.80. The lowest BCUT2D eigenvalue weighted by molar-refractivity contribution is 0.208. The summed E-state index contributed by atoms with van der Waals surface area (Å²) in [5.41, 5.74) is 0. The van der Waals surface area contributed by atoms with Crippen molar-refractivity contribution in [3.05, 3.63) is 0 Å². The van der Waals surface area contributed by atoms with Crippen LogP contribution in [0.15, 0.2) is 0 Å². The van der Waals surface area contributed by atoms with Crippen molar-refractivity contribution in [3.8, 4) is 0 Å². The third-order valence-corrected chi connectivity index (χ3v) is 5.86. The van der Waals surface area contributed by atoms with E-state index in [9.17, 15) is 8.42 Å². The maximum Gasteiger partial charge on any atom is 0.399 e.